The van der Waals surface area contributed by atoms with Gasteiger partial charge in [0.25, 0.3) is 5.91 Å². The zero-order valence-electron chi connectivity index (χ0n) is 12.1. The third-order valence-electron chi connectivity index (χ3n) is 4.93. The van der Waals surface area contributed by atoms with Gasteiger partial charge in [-0.25, -0.2) is 0 Å². The molecule has 1 saturated carbocycles. The van der Waals surface area contributed by atoms with Crippen LogP contribution in [0.1, 0.15) is 40.0 Å². The van der Waals surface area contributed by atoms with Crippen molar-refractivity contribution in [3.63, 3.8) is 0 Å². The molecule has 6 heteroatoms. The molecule has 2 aliphatic rings. The molecular formula is C16H18N2O4. The lowest BCUT2D eigenvalue weighted by Crippen LogP contribution is -2.40. The van der Waals surface area contributed by atoms with Gasteiger partial charge in [-0.15, -0.1) is 0 Å². The van der Waals surface area contributed by atoms with Crippen LogP contribution < -0.4 is 5.73 Å². The van der Waals surface area contributed by atoms with Crippen LogP contribution in [0.5, 0.6) is 0 Å². The molecule has 1 heterocycles. The van der Waals surface area contributed by atoms with Crippen molar-refractivity contribution in [2.75, 3.05) is 13.1 Å². The highest BCUT2D eigenvalue weighted by Crippen LogP contribution is 2.59. The Morgan fingerprint density at radius 3 is 2.36 bits per heavy atom. The maximum atomic E-state index is 12.5. The molecule has 0 radical (unpaired) electrons. The number of amides is 2. The van der Waals surface area contributed by atoms with Gasteiger partial charge in [0.05, 0.1) is 5.92 Å². The lowest BCUT2D eigenvalue weighted by atomic mass is 9.90. The second kappa shape index (κ2) is 5.12. The van der Waals surface area contributed by atoms with E-state index in [4.69, 9.17) is 10.8 Å². The normalized spacial score (nSPS) is 22.4. The van der Waals surface area contributed by atoms with Crippen LogP contribution in [0.25, 0.3) is 0 Å². The van der Waals surface area contributed by atoms with E-state index in [0.717, 1.165) is 19.3 Å². The predicted molar refractivity (Wildman–Crippen MR) is 78.3 cm³/mol. The van der Waals surface area contributed by atoms with Crippen LogP contribution in [0.2, 0.25) is 0 Å². The van der Waals surface area contributed by atoms with Gasteiger partial charge in [-0.05, 0) is 42.9 Å². The summed E-state index contributed by atoms with van der Waals surface area (Å²) in [6.07, 6.45) is 2.18. The first-order valence-electron chi connectivity index (χ1n) is 7.35. The van der Waals surface area contributed by atoms with Crippen LogP contribution in [0, 0.1) is 11.3 Å². The third kappa shape index (κ3) is 2.45. The summed E-state index contributed by atoms with van der Waals surface area (Å²) in [6.45, 7) is 1.12. The van der Waals surface area contributed by atoms with Crippen molar-refractivity contribution in [3.05, 3.63) is 35.4 Å². The molecule has 0 bridgehead atoms. The quantitative estimate of drug-likeness (QED) is 0.873. The van der Waals surface area contributed by atoms with Crippen molar-refractivity contribution in [2.45, 2.75) is 19.3 Å². The molecule has 6 nitrogen and oxygen atoms in total. The van der Waals surface area contributed by atoms with E-state index in [1.54, 1.807) is 23.1 Å². The molecule has 0 aromatic heterocycles. The number of piperidine rings is 1. The Morgan fingerprint density at radius 1 is 1.18 bits per heavy atom. The molecular weight excluding hydrogens is 284 g/mol. The zero-order valence-corrected chi connectivity index (χ0v) is 12.1. The fourth-order valence-corrected chi connectivity index (χ4v) is 3.39. The zero-order chi connectivity index (χ0) is 15.9. The van der Waals surface area contributed by atoms with E-state index >= 15 is 0 Å². The fourth-order valence-electron chi connectivity index (χ4n) is 3.39. The number of rotatable bonds is 3. The summed E-state index contributed by atoms with van der Waals surface area (Å²) >= 11 is 0. The molecule has 1 atom stereocenters. The average Bonchev–Trinajstić information content (AvgIpc) is 3.21. The van der Waals surface area contributed by atoms with E-state index in [0.29, 0.717) is 24.2 Å². The number of hydrogen-bond donors (Lipinski definition) is 2. The number of hydrogen-bond acceptors (Lipinski definition) is 3. The Kier molecular flexibility index (Phi) is 3.39. The van der Waals surface area contributed by atoms with Gasteiger partial charge >= 0.3 is 5.97 Å². The Hall–Kier alpha value is -2.37. The van der Waals surface area contributed by atoms with E-state index < -0.39 is 11.9 Å². The van der Waals surface area contributed by atoms with Gasteiger partial charge in [0, 0.05) is 24.2 Å². The van der Waals surface area contributed by atoms with E-state index in [1.165, 1.54) is 6.07 Å². The van der Waals surface area contributed by atoms with Gasteiger partial charge in [-0.1, -0.05) is 6.07 Å². The number of primary amides is 1. The van der Waals surface area contributed by atoms with Crippen LogP contribution >= 0.6 is 0 Å². The maximum Gasteiger partial charge on any atom is 0.307 e. The summed E-state index contributed by atoms with van der Waals surface area (Å²) in [4.78, 5) is 36.4. The second-order valence-corrected chi connectivity index (χ2v) is 6.19. The molecule has 1 spiro atoms. The van der Waals surface area contributed by atoms with Crippen molar-refractivity contribution >= 4 is 17.8 Å². The van der Waals surface area contributed by atoms with Crippen molar-refractivity contribution in [1.82, 2.24) is 4.90 Å². The highest BCUT2D eigenvalue weighted by atomic mass is 16.4. The SMILES string of the molecule is NC(=O)c1cccc(C(=O)N2CCC3(CC2)CC3C(=O)O)c1. The summed E-state index contributed by atoms with van der Waals surface area (Å²) in [6, 6.07) is 6.38. The highest BCUT2D eigenvalue weighted by Gasteiger charge is 2.59. The molecule has 3 rings (SSSR count). The topological polar surface area (TPSA) is 101 Å². The Morgan fingerprint density at radius 2 is 1.82 bits per heavy atom. The van der Waals surface area contributed by atoms with Gasteiger partial charge in [-0.2, -0.15) is 0 Å². The van der Waals surface area contributed by atoms with Gasteiger partial charge in [0.15, 0.2) is 0 Å². The smallest absolute Gasteiger partial charge is 0.307 e. The van der Waals surface area contributed by atoms with E-state index in [9.17, 15) is 14.4 Å². The molecule has 1 saturated heterocycles. The Bertz CT molecular complexity index is 647. The number of nitrogens with two attached hydrogens (primary N) is 1. The first-order chi connectivity index (χ1) is 10.4. The van der Waals surface area contributed by atoms with E-state index in [1.807, 2.05) is 0 Å². The molecule has 1 unspecified atom stereocenters. The van der Waals surface area contributed by atoms with Crippen LogP contribution in [-0.4, -0.2) is 40.9 Å². The fraction of sp³-hybridized carbons (Fsp3) is 0.438. The first kappa shape index (κ1) is 14.6. The Labute approximate surface area is 127 Å². The lowest BCUT2D eigenvalue weighted by molar-refractivity contribution is -0.139. The second-order valence-electron chi connectivity index (χ2n) is 6.19. The summed E-state index contributed by atoms with van der Waals surface area (Å²) in [5.41, 5.74) is 5.88. The number of benzene rings is 1. The summed E-state index contributed by atoms with van der Waals surface area (Å²) in [5, 5.41) is 9.08. The first-order valence-corrected chi connectivity index (χ1v) is 7.35. The minimum atomic E-state index is -0.728. The Balaban J connectivity index is 1.67. The van der Waals surface area contributed by atoms with Crippen molar-refractivity contribution < 1.29 is 19.5 Å². The molecule has 3 N–H and O–H groups in total. The summed E-state index contributed by atoms with van der Waals surface area (Å²) in [5.74, 6) is -1.67. The summed E-state index contributed by atoms with van der Waals surface area (Å²) in [7, 11) is 0. The molecule has 1 aliphatic heterocycles. The maximum absolute atomic E-state index is 12.5. The number of nitrogens with zero attached hydrogens (tertiary/aromatic N) is 1. The van der Waals surface area contributed by atoms with Gasteiger partial charge in [-0.3, -0.25) is 14.4 Å². The van der Waals surface area contributed by atoms with Gasteiger partial charge in [0.1, 0.15) is 0 Å². The number of likely N-dealkylation sites (tertiary alicyclic amines) is 1. The molecule has 1 aromatic rings. The van der Waals surface area contributed by atoms with E-state index in [-0.39, 0.29) is 17.2 Å². The minimum Gasteiger partial charge on any atom is -0.481 e. The molecule has 22 heavy (non-hydrogen) atoms. The number of carboxylic acid groups (broad SMARTS) is 1. The largest absolute Gasteiger partial charge is 0.481 e. The van der Waals surface area contributed by atoms with Crippen molar-refractivity contribution in [1.29, 1.82) is 0 Å². The van der Waals surface area contributed by atoms with Crippen LogP contribution in [0.15, 0.2) is 24.3 Å². The average molecular weight is 302 g/mol. The highest BCUT2D eigenvalue weighted by molar-refractivity contribution is 5.99. The summed E-state index contributed by atoms with van der Waals surface area (Å²) < 4.78 is 0. The number of carbonyl (C=O) groups is 3. The monoisotopic (exact) mass is 302 g/mol. The standard InChI is InChI=1S/C16H18N2O4/c17-13(19)10-2-1-3-11(8-10)14(20)18-6-4-16(5-7-18)9-12(16)15(21)22/h1-3,8,12H,4-7,9H2,(H2,17,19)(H,21,22). The van der Waals surface area contributed by atoms with Crippen LogP contribution in [0.4, 0.5) is 0 Å². The molecule has 1 aliphatic carbocycles. The van der Waals surface area contributed by atoms with Crippen LogP contribution in [0.3, 0.4) is 0 Å². The third-order valence-corrected chi connectivity index (χ3v) is 4.93. The molecule has 1 aromatic carbocycles. The molecule has 2 amide bonds. The van der Waals surface area contributed by atoms with Crippen LogP contribution in [-0.2, 0) is 4.79 Å². The number of carbonyl (C=O) groups excluding carboxylic acids is 2. The predicted octanol–water partition coefficient (Wildman–Crippen LogP) is 1.11. The van der Waals surface area contributed by atoms with Gasteiger partial charge in [0.2, 0.25) is 5.91 Å². The lowest BCUT2D eigenvalue weighted by Gasteiger charge is -2.32. The number of carboxylic acids is 1. The van der Waals surface area contributed by atoms with E-state index in [2.05, 4.69) is 0 Å². The van der Waals surface area contributed by atoms with Gasteiger partial charge < -0.3 is 15.7 Å². The van der Waals surface area contributed by atoms with Crippen molar-refractivity contribution in [2.24, 2.45) is 17.1 Å². The minimum absolute atomic E-state index is 0.0995. The molecule has 116 valence electrons. The molecule has 2 fully saturated rings. The van der Waals surface area contributed by atoms with Crippen molar-refractivity contribution in [3.8, 4) is 0 Å². The number of aliphatic carboxylic acids is 1.